The van der Waals surface area contributed by atoms with Gasteiger partial charge < -0.3 is 20.0 Å². The number of likely N-dealkylation sites (tertiary alicyclic amines) is 1. The Morgan fingerprint density at radius 1 is 1.03 bits per heavy atom. The number of hydrogen-bond acceptors (Lipinski definition) is 4. The highest BCUT2D eigenvalue weighted by atomic mass is 16.2. The van der Waals surface area contributed by atoms with E-state index in [1.54, 1.807) is 4.90 Å². The number of rotatable bonds is 9. The number of aryl methyl sites for hydroxylation is 1. The lowest BCUT2D eigenvalue weighted by Crippen LogP contribution is -2.58. The van der Waals surface area contributed by atoms with Crippen molar-refractivity contribution in [1.29, 1.82) is 0 Å². The summed E-state index contributed by atoms with van der Waals surface area (Å²) in [6.07, 6.45) is 5.04. The first-order valence-corrected chi connectivity index (χ1v) is 13.7. The van der Waals surface area contributed by atoms with Crippen molar-refractivity contribution in [2.24, 2.45) is 5.92 Å². The van der Waals surface area contributed by atoms with Crippen LogP contribution in [0.1, 0.15) is 57.9 Å². The number of piperidine rings is 1. The zero-order valence-corrected chi connectivity index (χ0v) is 22.4. The first-order chi connectivity index (χ1) is 17.9. The van der Waals surface area contributed by atoms with Crippen LogP contribution in [0.25, 0.3) is 0 Å². The van der Waals surface area contributed by atoms with Gasteiger partial charge in [-0.25, -0.2) is 0 Å². The van der Waals surface area contributed by atoms with Crippen molar-refractivity contribution >= 4 is 29.1 Å². The largest absolute Gasteiger partial charge is 0.342 e. The van der Waals surface area contributed by atoms with Crippen molar-refractivity contribution in [2.45, 2.75) is 64.8 Å². The lowest BCUT2D eigenvalue weighted by Gasteiger charge is -2.44. The molecule has 2 saturated heterocycles. The van der Waals surface area contributed by atoms with Crippen LogP contribution in [-0.4, -0.2) is 59.4 Å². The molecule has 2 heterocycles. The van der Waals surface area contributed by atoms with E-state index in [1.165, 1.54) is 0 Å². The fourth-order valence-corrected chi connectivity index (χ4v) is 5.73. The average molecular weight is 505 g/mol. The molecule has 0 radical (unpaired) electrons. The molecule has 37 heavy (non-hydrogen) atoms. The van der Waals surface area contributed by atoms with Crippen LogP contribution in [0, 0.1) is 12.8 Å². The van der Waals surface area contributed by atoms with Crippen LogP contribution in [0.2, 0.25) is 0 Å². The zero-order chi connectivity index (χ0) is 26.4. The number of anilines is 2. The predicted octanol–water partition coefficient (Wildman–Crippen LogP) is 4.82. The Bertz CT molecular complexity index is 1100. The summed E-state index contributed by atoms with van der Waals surface area (Å²) in [5.41, 5.74) is 2.01. The molecular formula is C30H40N4O3. The lowest BCUT2D eigenvalue weighted by molar-refractivity contribution is -0.141. The maximum Gasteiger partial charge on any atom is 0.250 e. The third kappa shape index (κ3) is 5.81. The molecule has 0 aliphatic carbocycles. The second-order valence-corrected chi connectivity index (χ2v) is 10.4. The van der Waals surface area contributed by atoms with E-state index in [0.717, 1.165) is 42.6 Å². The summed E-state index contributed by atoms with van der Waals surface area (Å²) in [5, 5.41) is 2.93. The van der Waals surface area contributed by atoms with Crippen LogP contribution in [0.5, 0.6) is 0 Å². The summed E-state index contributed by atoms with van der Waals surface area (Å²) in [5.74, 6) is 0.0384. The fraction of sp³-hybridized carbons (Fsp3) is 0.500. The Hall–Kier alpha value is -3.35. The van der Waals surface area contributed by atoms with E-state index in [9.17, 15) is 14.4 Å². The minimum absolute atomic E-state index is 0.00453. The van der Waals surface area contributed by atoms with E-state index < -0.39 is 5.54 Å². The highest BCUT2D eigenvalue weighted by Crippen LogP contribution is 2.40. The molecule has 0 saturated carbocycles. The van der Waals surface area contributed by atoms with Gasteiger partial charge >= 0.3 is 0 Å². The van der Waals surface area contributed by atoms with Crippen LogP contribution in [0.3, 0.4) is 0 Å². The summed E-state index contributed by atoms with van der Waals surface area (Å²) >= 11 is 0. The van der Waals surface area contributed by atoms with Crippen LogP contribution in [-0.2, 0) is 14.4 Å². The number of carbonyl (C=O) groups is 3. The topological polar surface area (TPSA) is 73.0 Å². The SMILES string of the molecule is CCCCC(CC)C(=O)N1CCC2(CC1)C(=O)N(CC(=O)Nc1cccc(C)c1)CN2c1ccccc1. The van der Waals surface area contributed by atoms with E-state index >= 15 is 0 Å². The Morgan fingerprint density at radius 2 is 1.76 bits per heavy atom. The van der Waals surface area contributed by atoms with Crippen molar-refractivity contribution in [3.8, 4) is 0 Å². The van der Waals surface area contributed by atoms with Crippen molar-refractivity contribution in [3.05, 3.63) is 60.2 Å². The summed E-state index contributed by atoms with van der Waals surface area (Å²) in [6.45, 7) is 7.67. The molecule has 1 unspecified atom stereocenters. The van der Waals surface area contributed by atoms with Gasteiger partial charge in [-0.15, -0.1) is 0 Å². The molecule has 1 N–H and O–H groups in total. The second-order valence-electron chi connectivity index (χ2n) is 10.4. The van der Waals surface area contributed by atoms with Crippen molar-refractivity contribution in [3.63, 3.8) is 0 Å². The maximum absolute atomic E-state index is 13.9. The maximum atomic E-state index is 13.9. The molecule has 2 fully saturated rings. The molecule has 0 aromatic heterocycles. The molecule has 4 rings (SSSR count). The van der Waals surface area contributed by atoms with Crippen molar-refractivity contribution in [1.82, 2.24) is 9.80 Å². The molecule has 3 amide bonds. The second kappa shape index (κ2) is 11.8. The normalized spacial score (nSPS) is 17.8. The number of hydrogen-bond donors (Lipinski definition) is 1. The van der Waals surface area contributed by atoms with E-state index in [-0.39, 0.29) is 30.2 Å². The van der Waals surface area contributed by atoms with Crippen LogP contribution < -0.4 is 10.2 Å². The highest BCUT2D eigenvalue weighted by molar-refractivity contribution is 5.99. The van der Waals surface area contributed by atoms with E-state index in [2.05, 4.69) is 24.1 Å². The molecule has 2 aromatic rings. The van der Waals surface area contributed by atoms with E-state index in [1.807, 2.05) is 66.4 Å². The molecule has 2 aliphatic heterocycles. The molecule has 2 aliphatic rings. The van der Waals surface area contributed by atoms with Gasteiger partial charge in [0.15, 0.2) is 0 Å². The quantitative estimate of drug-likeness (QED) is 0.532. The Labute approximate surface area is 220 Å². The standard InChI is InChI=1S/C30H40N4O3/c1-4-6-12-24(5-2)28(36)32-18-16-30(17-19-32)29(37)33(22-34(30)26-14-8-7-9-15-26)21-27(35)31-25-13-10-11-23(3)20-25/h7-11,13-15,20,24H,4-6,12,16-19,21-22H2,1-3H3,(H,31,35). The molecule has 1 atom stereocenters. The molecule has 0 bridgehead atoms. The third-order valence-electron chi connectivity index (χ3n) is 7.87. The molecule has 1 spiro atoms. The van der Waals surface area contributed by atoms with Gasteiger partial charge in [-0.05, 0) is 62.4 Å². The summed E-state index contributed by atoms with van der Waals surface area (Å²) in [7, 11) is 0. The number of unbranched alkanes of at least 4 members (excludes halogenated alkanes) is 1. The number of amides is 3. The van der Waals surface area contributed by atoms with Crippen molar-refractivity contribution in [2.75, 3.05) is 36.5 Å². The van der Waals surface area contributed by atoms with Gasteiger partial charge in [0.2, 0.25) is 11.8 Å². The van der Waals surface area contributed by atoms with E-state index in [0.29, 0.717) is 32.6 Å². The predicted molar refractivity (Wildman–Crippen MR) is 147 cm³/mol. The van der Waals surface area contributed by atoms with Crippen LogP contribution >= 0.6 is 0 Å². The van der Waals surface area contributed by atoms with Gasteiger partial charge in [-0.2, -0.15) is 0 Å². The monoisotopic (exact) mass is 504 g/mol. The average Bonchev–Trinajstić information content (AvgIpc) is 3.16. The summed E-state index contributed by atoms with van der Waals surface area (Å²) < 4.78 is 0. The van der Waals surface area contributed by atoms with Gasteiger partial charge in [0.1, 0.15) is 12.1 Å². The first-order valence-electron chi connectivity index (χ1n) is 13.7. The molecule has 2 aromatic carbocycles. The van der Waals surface area contributed by atoms with Gasteiger partial charge in [-0.1, -0.05) is 57.0 Å². The minimum atomic E-state index is -0.743. The number of nitrogens with zero attached hydrogens (tertiary/aromatic N) is 3. The number of nitrogens with one attached hydrogen (secondary N) is 1. The minimum Gasteiger partial charge on any atom is -0.342 e. The zero-order valence-electron chi connectivity index (χ0n) is 22.4. The Morgan fingerprint density at radius 3 is 2.41 bits per heavy atom. The molecule has 198 valence electrons. The Kier molecular flexibility index (Phi) is 8.52. The third-order valence-corrected chi connectivity index (χ3v) is 7.87. The van der Waals surface area contributed by atoms with Crippen LogP contribution in [0.15, 0.2) is 54.6 Å². The van der Waals surface area contributed by atoms with Crippen LogP contribution in [0.4, 0.5) is 11.4 Å². The summed E-state index contributed by atoms with van der Waals surface area (Å²) in [6, 6.07) is 17.6. The summed E-state index contributed by atoms with van der Waals surface area (Å²) in [4.78, 5) is 45.8. The Balaban J connectivity index is 1.49. The van der Waals surface area contributed by atoms with Gasteiger partial charge in [0, 0.05) is 30.4 Å². The lowest BCUT2D eigenvalue weighted by atomic mass is 9.84. The van der Waals surface area contributed by atoms with E-state index in [4.69, 9.17) is 0 Å². The first kappa shape index (κ1) is 26.7. The molecule has 7 heteroatoms. The molecular weight excluding hydrogens is 464 g/mol. The highest BCUT2D eigenvalue weighted by Gasteiger charge is 2.54. The van der Waals surface area contributed by atoms with Gasteiger partial charge in [0.05, 0.1) is 6.67 Å². The number of para-hydroxylation sites is 1. The fourth-order valence-electron chi connectivity index (χ4n) is 5.73. The number of carbonyl (C=O) groups excluding carboxylic acids is 3. The van der Waals surface area contributed by atoms with Gasteiger partial charge in [0.25, 0.3) is 5.91 Å². The van der Waals surface area contributed by atoms with Crippen molar-refractivity contribution < 1.29 is 14.4 Å². The van der Waals surface area contributed by atoms with Gasteiger partial charge in [-0.3, -0.25) is 14.4 Å². The smallest absolute Gasteiger partial charge is 0.250 e. The molecule has 7 nitrogen and oxygen atoms in total. The number of benzene rings is 2.